The molecule has 0 heterocycles. The second-order valence-electron chi connectivity index (χ2n) is 14.6. The SMILES string of the molecule is CC(C)(C)OC(=O)CC(O)(CC(=O)OC(C)(C)C)c1ccc(C(=O)Nc2ccc3c(c2)C(C)(C)CCC3(C)C)cc1. The summed E-state index contributed by atoms with van der Waals surface area (Å²) in [7, 11) is 0. The van der Waals surface area contributed by atoms with Gasteiger partial charge in [0.25, 0.3) is 5.91 Å². The monoisotopic (exact) mass is 565 g/mol. The maximum atomic E-state index is 13.2. The molecule has 0 bridgehead atoms. The largest absolute Gasteiger partial charge is 0.460 e. The van der Waals surface area contributed by atoms with Crippen LogP contribution in [0, 0.1) is 0 Å². The molecule has 1 aliphatic rings. The Labute approximate surface area is 245 Å². The smallest absolute Gasteiger partial charge is 0.309 e. The minimum atomic E-state index is -1.88. The quantitative estimate of drug-likeness (QED) is 0.353. The summed E-state index contributed by atoms with van der Waals surface area (Å²) < 4.78 is 10.8. The number of amides is 1. The summed E-state index contributed by atoms with van der Waals surface area (Å²) in [5.41, 5.74) is 0.666. The highest BCUT2D eigenvalue weighted by atomic mass is 16.6. The van der Waals surface area contributed by atoms with Crippen molar-refractivity contribution in [3.8, 4) is 0 Å². The number of benzene rings is 2. The van der Waals surface area contributed by atoms with Crippen molar-refractivity contribution in [2.75, 3.05) is 5.32 Å². The Morgan fingerprint density at radius 2 is 1.22 bits per heavy atom. The first-order valence-electron chi connectivity index (χ1n) is 14.3. The molecule has 1 aliphatic carbocycles. The molecule has 41 heavy (non-hydrogen) atoms. The van der Waals surface area contributed by atoms with E-state index in [2.05, 4.69) is 45.1 Å². The fraction of sp³-hybridized carbons (Fsp3) is 0.559. The number of esters is 2. The van der Waals surface area contributed by atoms with Crippen molar-refractivity contribution < 1.29 is 29.0 Å². The number of nitrogens with one attached hydrogen (secondary N) is 1. The first-order valence-corrected chi connectivity index (χ1v) is 14.3. The maximum Gasteiger partial charge on any atom is 0.309 e. The number of rotatable bonds is 7. The second kappa shape index (κ2) is 11.2. The number of fused-ring (bicyclic) bond motifs is 1. The third-order valence-corrected chi connectivity index (χ3v) is 7.51. The molecule has 0 aliphatic heterocycles. The van der Waals surface area contributed by atoms with Gasteiger partial charge in [-0.25, -0.2) is 0 Å². The van der Waals surface area contributed by atoms with E-state index in [-0.39, 0.29) is 16.7 Å². The van der Waals surface area contributed by atoms with Gasteiger partial charge in [-0.3, -0.25) is 14.4 Å². The summed E-state index contributed by atoms with van der Waals surface area (Å²) in [6, 6.07) is 12.4. The summed E-state index contributed by atoms with van der Waals surface area (Å²) in [6.45, 7) is 19.4. The van der Waals surface area contributed by atoms with Crippen molar-refractivity contribution in [3.63, 3.8) is 0 Å². The molecule has 0 atom stereocenters. The molecular formula is C34H47NO6. The normalized spacial score (nSPS) is 16.4. The zero-order valence-electron chi connectivity index (χ0n) is 26.4. The molecule has 0 fully saturated rings. The lowest BCUT2D eigenvalue weighted by Crippen LogP contribution is -2.37. The summed E-state index contributed by atoms with van der Waals surface area (Å²) in [6.07, 6.45) is 1.28. The van der Waals surface area contributed by atoms with Crippen LogP contribution in [0.5, 0.6) is 0 Å². The van der Waals surface area contributed by atoms with Gasteiger partial charge in [-0.15, -0.1) is 0 Å². The average Bonchev–Trinajstić information content (AvgIpc) is 2.79. The summed E-state index contributed by atoms with van der Waals surface area (Å²) in [4.78, 5) is 38.5. The van der Waals surface area contributed by atoms with E-state index in [1.54, 1.807) is 65.8 Å². The molecule has 224 valence electrons. The number of hydrogen-bond acceptors (Lipinski definition) is 6. The molecule has 3 rings (SSSR count). The Kier molecular flexibility index (Phi) is 8.86. The van der Waals surface area contributed by atoms with Crippen molar-refractivity contribution in [3.05, 3.63) is 64.7 Å². The highest BCUT2D eigenvalue weighted by Gasteiger charge is 2.39. The molecule has 0 radical (unpaired) electrons. The van der Waals surface area contributed by atoms with Crippen LogP contribution >= 0.6 is 0 Å². The number of ether oxygens (including phenoxy) is 2. The van der Waals surface area contributed by atoms with Crippen molar-refractivity contribution in [2.24, 2.45) is 0 Å². The minimum absolute atomic E-state index is 0.0139. The maximum absolute atomic E-state index is 13.2. The van der Waals surface area contributed by atoms with E-state index in [9.17, 15) is 19.5 Å². The first kappa shape index (κ1) is 32.3. The Balaban J connectivity index is 1.84. The lowest BCUT2D eigenvalue weighted by molar-refractivity contribution is -0.167. The molecule has 0 spiro atoms. The van der Waals surface area contributed by atoms with Gasteiger partial charge in [0.2, 0.25) is 0 Å². The fourth-order valence-electron chi connectivity index (χ4n) is 5.30. The predicted octanol–water partition coefficient (Wildman–Crippen LogP) is 6.94. The zero-order chi connectivity index (χ0) is 31.0. The third-order valence-electron chi connectivity index (χ3n) is 7.51. The molecule has 0 unspecified atom stereocenters. The minimum Gasteiger partial charge on any atom is -0.460 e. The highest BCUT2D eigenvalue weighted by Crippen LogP contribution is 2.46. The summed E-state index contributed by atoms with van der Waals surface area (Å²) in [5.74, 6) is -1.60. The molecule has 0 aromatic heterocycles. The number of anilines is 1. The number of hydrogen-bond donors (Lipinski definition) is 2. The Morgan fingerprint density at radius 3 is 1.68 bits per heavy atom. The van der Waals surface area contributed by atoms with Crippen molar-refractivity contribution in [2.45, 2.75) is 123 Å². The van der Waals surface area contributed by atoms with Gasteiger partial charge in [0.1, 0.15) is 16.8 Å². The van der Waals surface area contributed by atoms with Gasteiger partial charge in [0.05, 0.1) is 12.8 Å². The fourth-order valence-corrected chi connectivity index (χ4v) is 5.30. The summed E-state index contributed by atoms with van der Waals surface area (Å²) in [5, 5.41) is 14.6. The molecule has 7 nitrogen and oxygen atoms in total. The molecule has 0 saturated heterocycles. The van der Waals surface area contributed by atoms with E-state index in [1.807, 2.05) is 6.07 Å². The van der Waals surface area contributed by atoms with Crippen molar-refractivity contribution in [1.29, 1.82) is 0 Å². The number of aliphatic hydroxyl groups is 1. The molecule has 7 heteroatoms. The van der Waals surface area contributed by atoms with Crippen LogP contribution in [0.1, 0.15) is 122 Å². The zero-order valence-corrected chi connectivity index (χ0v) is 26.4. The van der Waals surface area contributed by atoms with Crippen LogP contribution in [-0.2, 0) is 35.5 Å². The Hall–Kier alpha value is -3.19. The van der Waals surface area contributed by atoms with Crippen LogP contribution in [0.4, 0.5) is 5.69 Å². The van der Waals surface area contributed by atoms with Gasteiger partial charge in [0, 0.05) is 11.3 Å². The molecule has 2 aromatic rings. The molecular weight excluding hydrogens is 518 g/mol. The van der Waals surface area contributed by atoms with Crippen LogP contribution in [0.25, 0.3) is 0 Å². The van der Waals surface area contributed by atoms with Crippen LogP contribution in [0.15, 0.2) is 42.5 Å². The first-order chi connectivity index (χ1) is 18.6. The average molecular weight is 566 g/mol. The number of carbonyl (C=O) groups is 3. The van der Waals surface area contributed by atoms with Crippen molar-refractivity contribution in [1.82, 2.24) is 0 Å². The Bertz CT molecular complexity index is 1260. The van der Waals surface area contributed by atoms with Gasteiger partial charge < -0.3 is 19.9 Å². The van der Waals surface area contributed by atoms with E-state index in [4.69, 9.17) is 9.47 Å². The third kappa shape index (κ3) is 8.41. The van der Waals surface area contributed by atoms with E-state index >= 15 is 0 Å². The molecule has 0 saturated carbocycles. The van der Waals surface area contributed by atoms with E-state index in [0.717, 1.165) is 18.5 Å². The van der Waals surface area contributed by atoms with Gasteiger partial charge in [0.15, 0.2) is 0 Å². The molecule has 2 aromatic carbocycles. The van der Waals surface area contributed by atoms with E-state index < -0.39 is 41.6 Å². The van der Waals surface area contributed by atoms with E-state index in [0.29, 0.717) is 11.1 Å². The molecule has 1 amide bonds. The second-order valence-corrected chi connectivity index (χ2v) is 14.6. The number of carbonyl (C=O) groups excluding carboxylic acids is 3. The van der Waals surface area contributed by atoms with Gasteiger partial charge >= 0.3 is 11.9 Å². The molecule has 2 N–H and O–H groups in total. The predicted molar refractivity (Wildman–Crippen MR) is 161 cm³/mol. The summed E-state index contributed by atoms with van der Waals surface area (Å²) >= 11 is 0. The van der Waals surface area contributed by atoms with Gasteiger partial charge in [-0.05, 0) is 106 Å². The highest BCUT2D eigenvalue weighted by molar-refractivity contribution is 6.04. The van der Waals surface area contributed by atoms with E-state index in [1.165, 1.54) is 11.1 Å². The van der Waals surface area contributed by atoms with Crippen LogP contribution in [-0.4, -0.2) is 34.2 Å². The lowest BCUT2D eigenvalue weighted by atomic mass is 9.63. The van der Waals surface area contributed by atoms with Gasteiger partial charge in [-0.2, -0.15) is 0 Å². The van der Waals surface area contributed by atoms with Crippen LogP contribution in [0.3, 0.4) is 0 Å². The van der Waals surface area contributed by atoms with Gasteiger partial charge in [-0.1, -0.05) is 45.9 Å². The van der Waals surface area contributed by atoms with Crippen LogP contribution in [0.2, 0.25) is 0 Å². The Morgan fingerprint density at radius 1 is 0.756 bits per heavy atom. The van der Waals surface area contributed by atoms with Crippen LogP contribution < -0.4 is 5.32 Å². The standard InChI is InChI=1S/C34H47NO6/c1-30(2,3)40-27(36)20-34(39,21-28(37)41-31(4,5)6)23-13-11-22(12-14-23)29(38)35-24-15-16-25-26(19-24)33(9,10)18-17-32(25,7)8/h11-16,19,39H,17-18,20-21H2,1-10H3,(H,35,38). The topological polar surface area (TPSA) is 102 Å². The lowest BCUT2D eigenvalue weighted by Gasteiger charge is -2.42. The van der Waals surface area contributed by atoms with Crippen molar-refractivity contribution >= 4 is 23.5 Å².